The summed E-state index contributed by atoms with van der Waals surface area (Å²) in [6, 6.07) is -1.51. The molecule has 8 nitrogen and oxygen atoms in total. The molecule has 0 aliphatic rings. The quantitative estimate of drug-likeness (QED) is 0.170. The van der Waals surface area contributed by atoms with Gasteiger partial charge in [-0.05, 0) is 5.53 Å². The van der Waals surface area contributed by atoms with E-state index in [9.17, 15) is 9.90 Å². The number of nitrogens with zero attached hydrogens (tertiary/aromatic N) is 3. The summed E-state index contributed by atoms with van der Waals surface area (Å²) in [5.41, 5.74) is 8.06. The lowest BCUT2D eigenvalue weighted by atomic mass is 10.0. The molecule has 4 atom stereocenters. The molecule has 0 spiro atoms. The summed E-state index contributed by atoms with van der Waals surface area (Å²) in [4.78, 5) is 12.4. The van der Waals surface area contributed by atoms with Crippen LogP contribution in [-0.2, 0) is 4.79 Å². The average Bonchev–Trinajstić information content (AvgIpc) is 2.22. The van der Waals surface area contributed by atoms with Gasteiger partial charge in [-0.3, -0.25) is 0 Å². The molecular formula is C6H11N3O5. The van der Waals surface area contributed by atoms with Crippen LogP contribution >= 0.6 is 0 Å². The predicted molar refractivity (Wildman–Crippen MR) is 44.1 cm³/mol. The van der Waals surface area contributed by atoms with Gasteiger partial charge in [-0.1, -0.05) is 5.11 Å². The summed E-state index contributed by atoms with van der Waals surface area (Å²) in [5.74, 6) is 0. The number of aldehydes is 1. The first-order valence-corrected chi connectivity index (χ1v) is 3.73. The molecule has 0 aromatic rings. The summed E-state index contributed by atoms with van der Waals surface area (Å²) in [6.45, 7) is -0.774. The molecular weight excluding hydrogens is 194 g/mol. The molecule has 0 aromatic heterocycles. The molecule has 0 saturated heterocycles. The van der Waals surface area contributed by atoms with E-state index < -0.39 is 31.0 Å². The van der Waals surface area contributed by atoms with Gasteiger partial charge in [0.2, 0.25) is 0 Å². The van der Waals surface area contributed by atoms with Crippen LogP contribution in [0.3, 0.4) is 0 Å². The number of aliphatic hydroxyl groups is 4. The molecule has 0 aromatic carbocycles. The molecule has 0 aliphatic heterocycles. The van der Waals surface area contributed by atoms with Crippen molar-refractivity contribution in [3.05, 3.63) is 10.4 Å². The van der Waals surface area contributed by atoms with Crippen molar-refractivity contribution in [3.63, 3.8) is 0 Å². The van der Waals surface area contributed by atoms with Crippen LogP contribution in [0.5, 0.6) is 0 Å². The smallest absolute Gasteiger partial charge is 0.149 e. The minimum absolute atomic E-state index is 0.0622. The molecule has 4 N–H and O–H groups in total. The second kappa shape index (κ2) is 6.30. The van der Waals surface area contributed by atoms with Gasteiger partial charge in [-0.2, -0.15) is 0 Å². The highest BCUT2D eigenvalue weighted by molar-refractivity contribution is 5.57. The Hall–Kier alpha value is -1.18. The fourth-order valence-electron chi connectivity index (χ4n) is 0.814. The van der Waals surface area contributed by atoms with E-state index in [0.29, 0.717) is 0 Å². The fraction of sp³-hybridized carbons (Fsp3) is 0.833. The number of hydrogen-bond acceptors (Lipinski definition) is 6. The minimum Gasteiger partial charge on any atom is -0.394 e. The Morgan fingerprint density at radius 3 is 2.36 bits per heavy atom. The molecule has 0 fully saturated rings. The van der Waals surface area contributed by atoms with Gasteiger partial charge >= 0.3 is 0 Å². The van der Waals surface area contributed by atoms with Crippen LogP contribution in [0.4, 0.5) is 0 Å². The zero-order valence-electron chi connectivity index (χ0n) is 7.13. The molecule has 0 rings (SSSR count). The number of carbonyl (C=O) groups excluding carboxylic acids is 1. The lowest BCUT2D eigenvalue weighted by Crippen LogP contribution is -2.45. The minimum atomic E-state index is -1.72. The van der Waals surface area contributed by atoms with E-state index in [-0.39, 0.29) is 6.29 Å². The lowest BCUT2D eigenvalue weighted by molar-refractivity contribution is -0.119. The van der Waals surface area contributed by atoms with Gasteiger partial charge in [0.1, 0.15) is 18.5 Å². The number of carbonyl (C=O) groups is 1. The average molecular weight is 205 g/mol. The zero-order valence-corrected chi connectivity index (χ0v) is 7.13. The van der Waals surface area contributed by atoms with Crippen LogP contribution in [0.25, 0.3) is 10.4 Å². The Balaban J connectivity index is 4.63. The third kappa shape index (κ3) is 3.29. The van der Waals surface area contributed by atoms with Crippen molar-refractivity contribution in [3.8, 4) is 0 Å². The highest BCUT2D eigenvalue weighted by atomic mass is 16.4. The standard InChI is InChI=1S/C6H11N3O5/c7-9-8-5(3(12)1-10)6(14)4(13)2-11/h1,3-6,11-14H,2H2/t3-,4-,5+,6-/m1/s1. The van der Waals surface area contributed by atoms with Gasteiger partial charge in [0.05, 0.1) is 18.8 Å². The van der Waals surface area contributed by atoms with Gasteiger partial charge in [0.25, 0.3) is 0 Å². The Morgan fingerprint density at radius 2 is 2.00 bits per heavy atom. The van der Waals surface area contributed by atoms with Gasteiger partial charge in [-0.25, -0.2) is 0 Å². The highest BCUT2D eigenvalue weighted by Crippen LogP contribution is 2.08. The summed E-state index contributed by atoms with van der Waals surface area (Å²) in [6.07, 6.45) is -4.94. The maximum Gasteiger partial charge on any atom is 0.149 e. The summed E-state index contributed by atoms with van der Waals surface area (Å²) < 4.78 is 0. The maximum absolute atomic E-state index is 10.1. The van der Waals surface area contributed by atoms with E-state index in [0.717, 1.165) is 0 Å². The van der Waals surface area contributed by atoms with E-state index in [2.05, 4.69) is 10.0 Å². The maximum atomic E-state index is 10.1. The Kier molecular flexibility index (Phi) is 5.77. The van der Waals surface area contributed by atoms with Crippen molar-refractivity contribution in [2.75, 3.05) is 6.61 Å². The van der Waals surface area contributed by atoms with E-state index in [1.165, 1.54) is 0 Å². The third-order valence-electron chi connectivity index (χ3n) is 1.61. The van der Waals surface area contributed by atoms with Crippen LogP contribution in [0, 0.1) is 0 Å². The number of azide groups is 1. The van der Waals surface area contributed by atoms with Crippen molar-refractivity contribution in [1.29, 1.82) is 0 Å². The monoisotopic (exact) mass is 205 g/mol. The number of hydrogen-bond donors (Lipinski definition) is 4. The summed E-state index contributed by atoms with van der Waals surface area (Å²) in [5, 5.41) is 38.6. The Labute approximate surface area is 79.0 Å². The molecule has 0 radical (unpaired) electrons. The fourth-order valence-corrected chi connectivity index (χ4v) is 0.814. The van der Waals surface area contributed by atoms with Gasteiger partial charge in [0.15, 0.2) is 0 Å². The lowest BCUT2D eigenvalue weighted by Gasteiger charge is -2.23. The first kappa shape index (κ1) is 12.8. The second-order valence-electron chi connectivity index (χ2n) is 2.56. The number of aliphatic hydroxyl groups excluding tert-OH is 4. The van der Waals surface area contributed by atoms with Crippen LogP contribution in [0.15, 0.2) is 5.11 Å². The zero-order chi connectivity index (χ0) is 11.1. The van der Waals surface area contributed by atoms with E-state index >= 15 is 0 Å². The molecule has 0 unspecified atom stereocenters. The first-order chi connectivity index (χ1) is 6.58. The van der Waals surface area contributed by atoms with Gasteiger partial charge < -0.3 is 25.2 Å². The van der Waals surface area contributed by atoms with Crippen molar-refractivity contribution in [2.24, 2.45) is 5.11 Å². The molecule has 0 bridgehead atoms. The molecule has 14 heavy (non-hydrogen) atoms. The summed E-state index contributed by atoms with van der Waals surface area (Å²) in [7, 11) is 0. The molecule has 0 aliphatic carbocycles. The van der Waals surface area contributed by atoms with E-state index in [4.69, 9.17) is 20.9 Å². The Bertz CT molecular complexity index is 230. The topological polar surface area (TPSA) is 147 Å². The van der Waals surface area contributed by atoms with Crippen LogP contribution in [0.1, 0.15) is 0 Å². The van der Waals surface area contributed by atoms with Crippen LogP contribution < -0.4 is 0 Å². The normalized spacial score (nSPS) is 18.9. The van der Waals surface area contributed by atoms with Crippen molar-refractivity contribution in [1.82, 2.24) is 0 Å². The highest BCUT2D eigenvalue weighted by Gasteiger charge is 2.30. The molecule has 0 saturated carbocycles. The molecule has 80 valence electrons. The van der Waals surface area contributed by atoms with Gasteiger partial charge in [-0.15, -0.1) is 0 Å². The van der Waals surface area contributed by atoms with E-state index in [1.54, 1.807) is 0 Å². The van der Waals surface area contributed by atoms with Crippen molar-refractivity contribution >= 4 is 6.29 Å². The van der Waals surface area contributed by atoms with Crippen LogP contribution in [-0.4, -0.2) is 57.7 Å². The van der Waals surface area contributed by atoms with Crippen LogP contribution in [0.2, 0.25) is 0 Å². The first-order valence-electron chi connectivity index (χ1n) is 3.73. The van der Waals surface area contributed by atoms with E-state index in [1.807, 2.05) is 0 Å². The summed E-state index contributed by atoms with van der Waals surface area (Å²) >= 11 is 0. The molecule has 0 heterocycles. The largest absolute Gasteiger partial charge is 0.394 e. The SMILES string of the molecule is [N-]=[N+]=N[C@H]([C@H](O)[C@H](O)CO)[C@H](O)C=O. The number of rotatable bonds is 6. The van der Waals surface area contributed by atoms with Crippen molar-refractivity contribution < 1.29 is 25.2 Å². The Morgan fingerprint density at radius 1 is 1.43 bits per heavy atom. The molecule has 0 amide bonds. The van der Waals surface area contributed by atoms with Crippen molar-refractivity contribution in [2.45, 2.75) is 24.4 Å². The third-order valence-corrected chi connectivity index (χ3v) is 1.61. The van der Waals surface area contributed by atoms with Gasteiger partial charge in [0, 0.05) is 4.91 Å². The molecule has 8 heteroatoms. The predicted octanol–water partition coefficient (Wildman–Crippen LogP) is -2.06. The second-order valence-corrected chi connectivity index (χ2v) is 2.56.